The number of methoxy groups -OCH3 is 1. The molecule has 3 aromatic rings. The Morgan fingerprint density at radius 2 is 1.92 bits per heavy atom. The van der Waals surface area contributed by atoms with E-state index in [1.165, 1.54) is 0 Å². The van der Waals surface area contributed by atoms with Gasteiger partial charge >= 0.3 is 6.03 Å². The molecular weight excluding hydrogens is 338 g/mol. The average molecular weight is 355 g/mol. The van der Waals surface area contributed by atoms with Gasteiger partial charge in [0.2, 0.25) is 0 Å². The number of benzene rings is 1. The second kappa shape index (κ2) is 7.71. The van der Waals surface area contributed by atoms with E-state index in [0.29, 0.717) is 11.4 Å². The zero-order valence-electron chi connectivity index (χ0n) is 13.8. The summed E-state index contributed by atoms with van der Waals surface area (Å²) in [6.45, 7) is 0. The van der Waals surface area contributed by atoms with E-state index >= 15 is 0 Å². The van der Waals surface area contributed by atoms with Gasteiger partial charge in [0.15, 0.2) is 0 Å². The van der Waals surface area contributed by atoms with Crippen LogP contribution in [0.15, 0.2) is 60.0 Å². The SMILES string of the molecule is COc1ccc(NC(=O)Nc2cnn(-c3ccncc3)c2)cc1SC. The van der Waals surface area contributed by atoms with E-state index in [9.17, 15) is 4.79 Å². The predicted octanol–water partition coefficient (Wildman–Crippen LogP) is 3.64. The fraction of sp³-hybridized carbons (Fsp3) is 0.118. The fourth-order valence-corrected chi connectivity index (χ4v) is 2.83. The molecule has 1 aromatic carbocycles. The molecule has 2 N–H and O–H groups in total. The van der Waals surface area contributed by atoms with E-state index in [1.54, 1.807) is 54.4 Å². The van der Waals surface area contributed by atoms with E-state index in [0.717, 1.165) is 16.3 Å². The lowest BCUT2D eigenvalue weighted by Crippen LogP contribution is -2.19. The highest BCUT2D eigenvalue weighted by Crippen LogP contribution is 2.30. The van der Waals surface area contributed by atoms with Gasteiger partial charge in [0.05, 0.1) is 35.8 Å². The molecule has 2 heterocycles. The highest BCUT2D eigenvalue weighted by Gasteiger charge is 2.08. The average Bonchev–Trinajstić information content (AvgIpc) is 3.10. The lowest BCUT2D eigenvalue weighted by molar-refractivity contribution is 0.262. The number of carbonyl (C=O) groups excluding carboxylic acids is 1. The third kappa shape index (κ3) is 4.10. The number of hydrogen-bond acceptors (Lipinski definition) is 5. The minimum absolute atomic E-state index is 0.341. The van der Waals surface area contributed by atoms with Crippen LogP contribution in [0.3, 0.4) is 0 Å². The third-order valence-corrected chi connectivity index (χ3v) is 4.17. The molecule has 25 heavy (non-hydrogen) atoms. The molecule has 0 atom stereocenters. The smallest absolute Gasteiger partial charge is 0.323 e. The molecule has 0 aliphatic rings. The number of aromatic nitrogens is 3. The Kier molecular flexibility index (Phi) is 5.20. The van der Waals surface area contributed by atoms with Gasteiger partial charge in [-0.15, -0.1) is 11.8 Å². The summed E-state index contributed by atoms with van der Waals surface area (Å²) in [4.78, 5) is 17.1. The minimum Gasteiger partial charge on any atom is -0.496 e. The number of amides is 2. The molecule has 0 aliphatic carbocycles. The van der Waals surface area contributed by atoms with E-state index in [2.05, 4.69) is 20.7 Å². The van der Waals surface area contributed by atoms with Gasteiger partial charge in [-0.05, 0) is 36.6 Å². The summed E-state index contributed by atoms with van der Waals surface area (Å²) in [5.74, 6) is 0.775. The number of anilines is 2. The Morgan fingerprint density at radius 1 is 1.16 bits per heavy atom. The van der Waals surface area contributed by atoms with E-state index < -0.39 is 0 Å². The Labute approximate surface area is 149 Å². The summed E-state index contributed by atoms with van der Waals surface area (Å²) >= 11 is 1.55. The number of rotatable bonds is 5. The maximum Gasteiger partial charge on any atom is 0.323 e. The van der Waals surface area contributed by atoms with Crippen LogP contribution in [0.5, 0.6) is 5.75 Å². The summed E-state index contributed by atoms with van der Waals surface area (Å²) in [6, 6.07) is 8.80. The quantitative estimate of drug-likeness (QED) is 0.683. The molecule has 0 fully saturated rings. The second-order valence-electron chi connectivity index (χ2n) is 5.03. The maximum atomic E-state index is 12.2. The molecule has 0 saturated carbocycles. The number of thioether (sulfide) groups is 1. The van der Waals surface area contributed by atoms with Gasteiger partial charge in [0, 0.05) is 18.1 Å². The molecule has 0 unspecified atom stereocenters. The maximum absolute atomic E-state index is 12.2. The Bertz CT molecular complexity index is 866. The highest BCUT2D eigenvalue weighted by molar-refractivity contribution is 7.98. The third-order valence-electron chi connectivity index (χ3n) is 3.41. The van der Waals surface area contributed by atoms with Crippen molar-refractivity contribution in [2.24, 2.45) is 0 Å². The van der Waals surface area contributed by atoms with Crippen LogP contribution in [0.1, 0.15) is 0 Å². The molecule has 0 saturated heterocycles. The summed E-state index contributed by atoms with van der Waals surface area (Å²) in [7, 11) is 1.62. The van der Waals surface area contributed by atoms with Crippen molar-refractivity contribution in [1.29, 1.82) is 0 Å². The zero-order chi connectivity index (χ0) is 17.6. The normalized spacial score (nSPS) is 10.3. The molecule has 3 rings (SSSR count). The molecule has 0 aliphatic heterocycles. The van der Waals surface area contributed by atoms with E-state index in [4.69, 9.17) is 4.74 Å². The number of carbonyl (C=O) groups is 1. The summed E-state index contributed by atoms with van der Waals surface area (Å²) in [6.07, 6.45) is 8.64. The first kappa shape index (κ1) is 16.8. The molecule has 0 radical (unpaired) electrons. The van der Waals surface area contributed by atoms with E-state index in [1.807, 2.05) is 30.5 Å². The number of hydrogen-bond donors (Lipinski definition) is 2. The zero-order valence-corrected chi connectivity index (χ0v) is 14.6. The van der Waals surface area contributed by atoms with Crippen molar-refractivity contribution in [1.82, 2.24) is 14.8 Å². The van der Waals surface area contributed by atoms with Gasteiger partial charge < -0.3 is 15.4 Å². The molecule has 2 aromatic heterocycles. The van der Waals surface area contributed by atoms with Gasteiger partial charge in [-0.25, -0.2) is 9.48 Å². The number of urea groups is 1. The fourth-order valence-electron chi connectivity index (χ4n) is 2.23. The van der Waals surface area contributed by atoms with Crippen LogP contribution in [0.4, 0.5) is 16.2 Å². The number of ether oxygens (including phenoxy) is 1. The van der Waals surface area contributed by atoms with Crippen molar-refractivity contribution in [2.45, 2.75) is 4.90 Å². The number of nitrogens with one attached hydrogen (secondary N) is 2. The largest absolute Gasteiger partial charge is 0.496 e. The van der Waals surface area contributed by atoms with Gasteiger partial charge in [-0.3, -0.25) is 4.98 Å². The lowest BCUT2D eigenvalue weighted by Gasteiger charge is -2.10. The second-order valence-corrected chi connectivity index (χ2v) is 5.88. The van der Waals surface area contributed by atoms with Crippen LogP contribution in [-0.4, -0.2) is 34.2 Å². The van der Waals surface area contributed by atoms with Crippen LogP contribution in [0.25, 0.3) is 5.69 Å². The lowest BCUT2D eigenvalue weighted by atomic mass is 10.3. The topological polar surface area (TPSA) is 81.1 Å². The van der Waals surface area contributed by atoms with Crippen LogP contribution in [0.2, 0.25) is 0 Å². The summed E-state index contributed by atoms with van der Waals surface area (Å²) < 4.78 is 6.94. The molecule has 8 heteroatoms. The van der Waals surface area contributed by atoms with Crippen LogP contribution >= 0.6 is 11.8 Å². The predicted molar refractivity (Wildman–Crippen MR) is 98.8 cm³/mol. The highest BCUT2D eigenvalue weighted by atomic mass is 32.2. The van der Waals surface area contributed by atoms with Gasteiger partial charge in [0.1, 0.15) is 5.75 Å². The first-order chi connectivity index (χ1) is 12.2. The van der Waals surface area contributed by atoms with Crippen molar-refractivity contribution in [2.75, 3.05) is 24.0 Å². The Morgan fingerprint density at radius 3 is 2.64 bits per heavy atom. The van der Waals surface area contributed by atoms with Crippen molar-refractivity contribution in [3.8, 4) is 11.4 Å². The van der Waals surface area contributed by atoms with Gasteiger partial charge in [-0.1, -0.05) is 0 Å². The minimum atomic E-state index is -0.341. The van der Waals surface area contributed by atoms with Crippen LogP contribution in [0, 0.1) is 0 Å². The van der Waals surface area contributed by atoms with Crippen LogP contribution in [-0.2, 0) is 0 Å². The summed E-state index contributed by atoms with van der Waals surface area (Å²) in [5.41, 5.74) is 2.14. The first-order valence-corrected chi connectivity index (χ1v) is 8.67. The molecule has 128 valence electrons. The summed E-state index contributed by atoms with van der Waals surface area (Å²) in [5, 5.41) is 9.78. The van der Waals surface area contributed by atoms with Crippen molar-refractivity contribution in [3.63, 3.8) is 0 Å². The molecular formula is C17H17N5O2S. The molecule has 2 amide bonds. The van der Waals surface area contributed by atoms with Crippen LogP contribution < -0.4 is 15.4 Å². The number of nitrogens with zero attached hydrogens (tertiary/aromatic N) is 3. The van der Waals surface area contributed by atoms with Gasteiger partial charge in [-0.2, -0.15) is 5.10 Å². The number of pyridine rings is 1. The van der Waals surface area contributed by atoms with E-state index in [-0.39, 0.29) is 6.03 Å². The Balaban J connectivity index is 1.66. The Hall–Kier alpha value is -3.00. The first-order valence-electron chi connectivity index (χ1n) is 7.44. The van der Waals surface area contributed by atoms with Gasteiger partial charge in [0.25, 0.3) is 0 Å². The molecule has 0 bridgehead atoms. The standard InChI is InChI=1S/C17H17N5O2S/c1-24-15-4-3-12(9-16(15)25-2)20-17(23)21-13-10-19-22(11-13)14-5-7-18-8-6-14/h3-11H,1-2H3,(H2,20,21,23). The van der Waals surface area contributed by atoms with Crippen molar-refractivity contribution in [3.05, 3.63) is 55.1 Å². The molecule has 0 spiro atoms. The van der Waals surface area contributed by atoms with Crippen molar-refractivity contribution >= 4 is 29.2 Å². The molecule has 7 nitrogen and oxygen atoms in total. The van der Waals surface area contributed by atoms with Crippen molar-refractivity contribution < 1.29 is 9.53 Å². The monoisotopic (exact) mass is 355 g/mol.